The molecule has 19 heavy (non-hydrogen) atoms. The summed E-state index contributed by atoms with van der Waals surface area (Å²) < 4.78 is 1.96. The molecule has 1 aromatic heterocycles. The van der Waals surface area contributed by atoms with Crippen LogP contribution in [0.1, 0.15) is 46.0 Å². The van der Waals surface area contributed by atoms with E-state index in [4.69, 9.17) is 5.73 Å². The fourth-order valence-electron chi connectivity index (χ4n) is 2.90. The van der Waals surface area contributed by atoms with Gasteiger partial charge in [-0.05, 0) is 31.7 Å². The molecule has 0 aromatic carbocycles. The molecule has 0 radical (unpaired) electrons. The molecule has 2 rings (SSSR count). The zero-order valence-corrected chi connectivity index (χ0v) is 12.4. The van der Waals surface area contributed by atoms with Gasteiger partial charge in [0.2, 0.25) is 0 Å². The first-order valence-corrected chi connectivity index (χ1v) is 7.67. The van der Waals surface area contributed by atoms with E-state index in [9.17, 15) is 0 Å². The van der Waals surface area contributed by atoms with Gasteiger partial charge in [0.25, 0.3) is 0 Å². The number of anilines is 1. The van der Waals surface area contributed by atoms with Crippen molar-refractivity contribution in [1.29, 1.82) is 0 Å². The summed E-state index contributed by atoms with van der Waals surface area (Å²) >= 11 is 0. The van der Waals surface area contributed by atoms with Crippen molar-refractivity contribution >= 4 is 5.69 Å². The third-order valence-electron chi connectivity index (χ3n) is 4.10. The molecule has 0 aliphatic heterocycles. The molecular weight excluding hydrogens is 236 g/mol. The Kier molecular flexibility index (Phi) is 5.25. The highest BCUT2D eigenvalue weighted by Crippen LogP contribution is 2.24. The first kappa shape index (κ1) is 14.4. The SMILES string of the molecule is CC(C)CCN(CCn1cc(N)cn1)C1CCCC1. The van der Waals surface area contributed by atoms with Gasteiger partial charge in [0, 0.05) is 18.8 Å². The Labute approximate surface area is 117 Å². The maximum Gasteiger partial charge on any atom is 0.0719 e. The van der Waals surface area contributed by atoms with Gasteiger partial charge in [0.05, 0.1) is 18.4 Å². The van der Waals surface area contributed by atoms with Crippen LogP contribution in [0, 0.1) is 5.92 Å². The van der Waals surface area contributed by atoms with Crippen LogP contribution in [-0.2, 0) is 6.54 Å². The summed E-state index contributed by atoms with van der Waals surface area (Å²) in [7, 11) is 0. The highest BCUT2D eigenvalue weighted by Gasteiger charge is 2.22. The van der Waals surface area contributed by atoms with E-state index in [1.807, 2.05) is 10.9 Å². The number of aromatic nitrogens is 2. The molecule has 1 aliphatic rings. The zero-order chi connectivity index (χ0) is 13.7. The zero-order valence-electron chi connectivity index (χ0n) is 12.4. The Morgan fingerprint density at radius 2 is 2.11 bits per heavy atom. The number of hydrogen-bond acceptors (Lipinski definition) is 3. The molecule has 1 saturated carbocycles. The summed E-state index contributed by atoms with van der Waals surface area (Å²) in [4.78, 5) is 2.67. The van der Waals surface area contributed by atoms with Gasteiger partial charge in [-0.2, -0.15) is 5.10 Å². The summed E-state index contributed by atoms with van der Waals surface area (Å²) in [5.41, 5.74) is 6.47. The monoisotopic (exact) mass is 264 g/mol. The van der Waals surface area contributed by atoms with Crippen molar-refractivity contribution in [3.8, 4) is 0 Å². The fraction of sp³-hybridized carbons (Fsp3) is 0.800. The summed E-state index contributed by atoms with van der Waals surface area (Å²) in [6.07, 6.45) is 10.5. The minimum Gasteiger partial charge on any atom is -0.396 e. The maximum absolute atomic E-state index is 5.71. The molecule has 1 aromatic rings. The van der Waals surface area contributed by atoms with Crippen LogP contribution in [0.3, 0.4) is 0 Å². The first-order chi connectivity index (χ1) is 9.15. The van der Waals surface area contributed by atoms with Crippen LogP contribution in [-0.4, -0.2) is 33.8 Å². The van der Waals surface area contributed by atoms with Gasteiger partial charge < -0.3 is 5.73 Å². The van der Waals surface area contributed by atoms with E-state index in [1.54, 1.807) is 6.20 Å². The number of nitrogens with zero attached hydrogens (tertiary/aromatic N) is 3. The molecular formula is C15H28N4. The van der Waals surface area contributed by atoms with E-state index in [0.717, 1.165) is 30.7 Å². The molecule has 0 saturated heterocycles. The van der Waals surface area contributed by atoms with Crippen molar-refractivity contribution in [3.05, 3.63) is 12.4 Å². The first-order valence-electron chi connectivity index (χ1n) is 7.67. The third kappa shape index (κ3) is 4.53. The van der Waals surface area contributed by atoms with Gasteiger partial charge >= 0.3 is 0 Å². The quantitative estimate of drug-likeness (QED) is 0.823. The van der Waals surface area contributed by atoms with E-state index < -0.39 is 0 Å². The highest BCUT2D eigenvalue weighted by molar-refractivity contribution is 5.30. The van der Waals surface area contributed by atoms with E-state index in [2.05, 4.69) is 23.8 Å². The van der Waals surface area contributed by atoms with Crippen LogP contribution in [0.4, 0.5) is 5.69 Å². The number of hydrogen-bond donors (Lipinski definition) is 1. The lowest BCUT2D eigenvalue weighted by atomic mass is 10.1. The lowest BCUT2D eigenvalue weighted by molar-refractivity contribution is 0.179. The lowest BCUT2D eigenvalue weighted by Crippen LogP contribution is -2.37. The lowest BCUT2D eigenvalue weighted by Gasteiger charge is -2.29. The van der Waals surface area contributed by atoms with Crippen molar-refractivity contribution in [3.63, 3.8) is 0 Å². The molecule has 0 amide bonds. The summed E-state index contributed by atoms with van der Waals surface area (Å²) in [6.45, 7) is 7.88. The van der Waals surface area contributed by atoms with Crippen LogP contribution >= 0.6 is 0 Å². The van der Waals surface area contributed by atoms with Gasteiger partial charge in [-0.1, -0.05) is 26.7 Å². The number of nitrogens with two attached hydrogens (primary N) is 1. The topological polar surface area (TPSA) is 47.1 Å². The summed E-state index contributed by atoms with van der Waals surface area (Å²) in [5.74, 6) is 0.782. The van der Waals surface area contributed by atoms with Gasteiger partial charge in [-0.15, -0.1) is 0 Å². The molecule has 0 atom stereocenters. The Bertz CT molecular complexity index is 366. The Morgan fingerprint density at radius 3 is 2.68 bits per heavy atom. The summed E-state index contributed by atoms with van der Waals surface area (Å²) in [6, 6.07) is 0.798. The van der Waals surface area contributed by atoms with Gasteiger partial charge in [-0.3, -0.25) is 9.58 Å². The van der Waals surface area contributed by atoms with E-state index in [0.29, 0.717) is 0 Å². The van der Waals surface area contributed by atoms with Crippen LogP contribution in [0.15, 0.2) is 12.4 Å². The van der Waals surface area contributed by atoms with Crippen LogP contribution in [0.5, 0.6) is 0 Å². The van der Waals surface area contributed by atoms with Crippen molar-refractivity contribution in [1.82, 2.24) is 14.7 Å². The third-order valence-corrected chi connectivity index (χ3v) is 4.10. The smallest absolute Gasteiger partial charge is 0.0719 e. The molecule has 0 unspecified atom stereocenters. The second kappa shape index (κ2) is 6.94. The van der Waals surface area contributed by atoms with Crippen LogP contribution in [0.2, 0.25) is 0 Å². The van der Waals surface area contributed by atoms with Gasteiger partial charge in [0.15, 0.2) is 0 Å². The van der Waals surface area contributed by atoms with Crippen LogP contribution in [0.25, 0.3) is 0 Å². The highest BCUT2D eigenvalue weighted by atomic mass is 15.3. The van der Waals surface area contributed by atoms with Crippen molar-refractivity contribution < 1.29 is 0 Å². The van der Waals surface area contributed by atoms with Gasteiger partial charge in [0.1, 0.15) is 0 Å². The predicted octanol–water partition coefficient (Wildman–Crippen LogP) is 2.76. The van der Waals surface area contributed by atoms with E-state index >= 15 is 0 Å². The molecule has 0 spiro atoms. The number of rotatable bonds is 7. The van der Waals surface area contributed by atoms with E-state index in [-0.39, 0.29) is 0 Å². The average Bonchev–Trinajstić information content (AvgIpc) is 3.00. The fourth-order valence-corrected chi connectivity index (χ4v) is 2.90. The second-order valence-corrected chi connectivity index (χ2v) is 6.19. The minimum absolute atomic E-state index is 0.759. The predicted molar refractivity (Wildman–Crippen MR) is 79.9 cm³/mol. The summed E-state index contributed by atoms with van der Waals surface area (Å²) in [5, 5.41) is 4.27. The minimum atomic E-state index is 0.759. The Morgan fingerprint density at radius 1 is 1.37 bits per heavy atom. The Hall–Kier alpha value is -1.03. The second-order valence-electron chi connectivity index (χ2n) is 6.19. The standard InChI is InChI=1S/C15H28N4/c1-13(2)7-8-18(15-5-3-4-6-15)9-10-19-12-14(16)11-17-19/h11-13,15H,3-10,16H2,1-2H3. The average molecular weight is 264 g/mol. The largest absolute Gasteiger partial charge is 0.396 e. The molecule has 4 nitrogen and oxygen atoms in total. The molecule has 1 fully saturated rings. The van der Waals surface area contributed by atoms with Crippen molar-refractivity contribution in [2.45, 2.75) is 58.5 Å². The maximum atomic E-state index is 5.71. The molecule has 0 bridgehead atoms. The van der Waals surface area contributed by atoms with Crippen molar-refractivity contribution in [2.75, 3.05) is 18.8 Å². The van der Waals surface area contributed by atoms with Gasteiger partial charge in [-0.25, -0.2) is 0 Å². The molecule has 1 heterocycles. The van der Waals surface area contributed by atoms with E-state index in [1.165, 1.54) is 38.6 Å². The normalized spacial score (nSPS) is 16.8. The molecule has 4 heteroatoms. The molecule has 2 N–H and O–H groups in total. The number of nitrogen functional groups attached to an aromatic ring is 1. The Balaban J connectivity index is 1.85. The van der Waals surface area contributed by atoms with Crippen LogP contribution < -0.4 is 5.73 Å². The molecule has 108 valence electrons. The molecule has 1 aliphatic carbocycles. The van der Waals surface area contributed by atoms with Crippen molar-refractivity contribution in [2.24, 2.45) is 5.92 Å².